The first-order chi connectivity index (χ1) is 11.0. The van der Waals surface area contributed by atoms with Crippen LogP contribution in [0.4, 0.5) is 10.2 Å². The first-order valence-electron chi connectivity index (χ1n) is 8.65. The molecule has 1 saturated heterocycles. The lowest BCUT2D eigenvalue weighted by molar-refractivity contribution is -0.132. The molecule has 1 aliphatic heterocycles. The number of rotatable bonds is 4. The summed E-state index contributed by atoms with van der Waals surface area (Å²) in [5.41, 5.74) is -0.319. The van der Waals surface area contributed by atoms with Crippen molar-refractivity contribution in [2.45, 2.75) is 52.0 Å². The van der Waals surface area contributed by atoms with Crippen LogP contribution in [-0.2, 0) is 4.79 Å². The zero-order valence-electron chi connectivity index (χ0n) is 14.0. The average molecular weight is 319 g/mol. The molecule has 1 aromatic rings. The fourth-order valence-electron chi connectivity index (χ4n) is 3.88. The van der Waals surface area contributed by atoms with Crippen molar-refractivity contribution in [3.05, 3.63) is 24.1 Å². The van der Waals surface area contributed by atoms with Gasteiger partial charge in [0, 0.05) is 30.7 Å². The minimum Gasteiger partial charge on any atom is -0.352 e. The Labute approximate surface area is 137 Å². The van der Waals surface area contributed by atoms with Gasteiger partial charge in [-0.15, -0.1) is 0 Å². The summed E-state index contributed by atoms with van der Waals surface area (Å²) in [6.45, 7) is 5.47. The van der Waals surface area contributed by atoms with Crippen LogP contribution in [0.15, 0.2) is 18.3 Å². The van der Waals surface area contributed by atoms with Crippen LogP contribution in [0.3, 0.4) is 0 Å². The molecule has 3 rings (SSSR count). The summed E-state index contributed by atoms with van der Waals surface area (Å²) in [5, 5.41) is 3.18. The molecule has 2 fully saturated rings. The maximum Gasteiger partial charge on any atom is 0.226 e. The van der Waals surface area contributed by atoms with Crippen molar-refractivity contribution in [2.75, 3.05) is 18.0 Å². The van der Waals surface area contributed by atoms with Gasteiger partial charge in [-0.25, -0.2) is 9.37 Å². The summed E-state index contributed by atoms with van der Waals surface area (Å²) in [6.07, 6.45) is 7.21. The van der Waals surface area contributed by atoms with E-state index in [1.54, 1.807) is 12.3 Å². The Kier molecular flexibility index (Phi) is 4.55. The van der Waals surface area contributed by atoms with Crippen LogP contribution < -0.4 is 10.2 Å². The molecule has 1 aromatic heterocycles. The lowest BCUT2D eigenvalue weighted by Crippen LogP contribution is -2.46. The molecule has 4 nitrogen and oxygen atoms in total. The topological polar surface area (TPSA) is 45.2 Å². The van der Waals surface area contributed by atoms with Gasteiger partial charge in [0.2, 0.25) is 5.91 Å². The SMILES string of the molecule is CC(C)(C(=O)NC1CCN(c2ncccc2F)C1)C1CCCC1. The van der Waals surface area contributed by atoms with Crippen molar-refractivity contribution >= 4 is 11.7 Å². The van der Waals surface area contributed by atoms with Gasteiger partial charge >= 0.3 is 0 Å². The highest BCUT2D eigenvalue weighted by Crippen LogP contribution is 2.39. The Morgan fingerprint density at radius 2 is 2.09 bits per heavy atom. The molecule has 5 heteroatoms. The Bertz CT molecular complexity index is 569. The molecule has 23 heavy (non-hydrogen) atoms. The average Bonchev–Trinajstić information content (AvgIpc) is 3.19. The highest BCUT2D eigenvalue weighted by molar-refractivity contribution is 5.82. The number of amides is 1. The van der Waals surface area contributed by atoms with Crippen molar-refractivity contribution in [3.8, 4) is 0 Å². The summed E-state index contributed by atoms with van der Waals surface area (Å²) in [5.74, 6) is 0.705. The number of hydrogen-bond donors (Lipinski definition) is 1. The molecule has 0 bridgehead atoms. The zero-order valence-corrected chi connectivity index (χ0v) is 14.0. The van der Waals surface area contributed by atoms with Crippen LogP contribution in [-0.4, -0.2) is 30.0 Å². The quantitative estimate of drug-likeness (QED) is 0.927. The molecule has 0 radical (unpaired) electrons. The first-order valence-corrected chi connectivity index (χ1v) is 8.65. The molecule has 1 N–H and O–H groups in total. The van der Waals surface area contributed by atoms with Crippen molar-refractivity contribution in [2.24, 2.45) is 11.3 Å². The molecule has 1 atom stereocenters. The number of aromatic nitrogens is 1. The Morgan fingerprint density at radius 1 is 1.35 bits per heavy atom. The second-order valence-corrected chi connectivity index (χ2v) is 7.42. The van der Waals surface area contributed by atoms with Crippen LogP contribution in [0.25, 0.3) is 0 Å². The number of halogens is 1. The van der Waals surface area contributed by atoms with Crippen molar-refractivity contribution < 1.29 is 9.18 Å². The van der Waals surface area contributed by atoms with Gasteiger partial charge in [-0.3, -0.25) is 4.79 Å². The molecule has 2 heterocycles. The Balaban J connectivity index is 1.59. The number of carbonyl (C=O) groups excluding carboxylic acids is 1. The molecule has 0 spiro atoms. The molecule has 1 amide bonds. The van der Waals surface area contributed by atoms with Gasteiger partial charge in [-0.1, -0.05) is 26.7 Å². The maximum absolute atomic E-state index is 13.8. The minimum absolute atomic E-state index is 0.0737. The third-order valence-corrected chi connectivity index (χ3v) is 5.52. The van der Waals surface area contributed by atoms with Gasteiger partial charge in [0.1, 0.15) is 0 Å². The molecule has 1 saturated carbocycles. The van der Waals surface area contributed by atoms with Crippen molar-refractivity contribution in [1.82, 2.24) is 10.3 Å². The third kappa shape index (κ3) is 3.33. The van der Waals surface area contributed by atoms with Gasteiger partial charge in [0.25, 0.3) is 0 Å². The first kappa shape index (κ1) is 16.2. The van der Waals surface area contributed by atoms with E-state index >= 15 is 0 Å². The summed E-state index contributed by atoms with van der Waals surface area (Å²) < 4.78 is 13.8. The second-order valence-electron chi connectivity index (χ2n) is 7.42. The van der Waals surface area contributed by atoms with Crippen LogP contribution in [0.5, 0.6) is 0 Å². The van der Waals surface area contributed by atoms with E-state index in [0.29, 0.717) is 18.3 Å². The number of carbonyl (C=O) groups is 1. The van der Waals surface area contributed by atoms with Crippen LogP contribution in [0.2, 0.25) is 0 Å². The molecule has 126 valence electrons. The van der Waals surface area contributed by atoms with E-state index in [4.69, 9.17) is 0 Å². The van der Waals surface area contributed by atoms with Gasteiger partial charge in [-0.05, 0) is 37.3 Å². The number of hydrogen-bond acceptors (Lipinski definition) is 3. The fraction of sp³-hybridized carbons (Fsp3) is 0.667. The van der Waals surface area contributed by atoms with E-state index in [2.05, 4.69) is 24.1 Å². The summed E-state index contributed by atoms with van der Waals surface area (Å²) >= 11 is 0. The summed E-state index contributed by atoms with van der Waals surface area (Å²) in [7, 11) is 0. The van der Waals surface area contributed by atoms with E-state index in [9.17, 15) is 9.18 Å². The molecule has 1 aliphatic carbocycles. The van der Waals surface area contributed by atoms with Crippen molar-refractivity contribution in [1.29, 1.82) is 0 Å². The van der Waals surface area contributed by atoms with E-state index in [-0.39, 0.29) is 23.2 Å². The molecule has 0 aromatic carbocycles. The van der Waals surface area contributed by atoms with Gasteiger partial charge in [0.05, 0.1) is 0 Å². The molecular weight excluding hydrogens is 293 g/mol. The summed E-state index contributed by atoms with van der Waals surface area (Å²) in [4.78, 5) is 18.7. The largest absolute Gasteiger partial charge is 0.352 e. The Hall–Kier alpha value is -1.65. The van der Waals surface area contributed by atoms with E-state index in [1.807, 2.05) is 4.90 Å². The van der Waals surface area contributed by atoms with Crippen LogP contribution >= 0.6 is 0 Å². The lowest BCUT2D eigenvalue weighted by Gasteiger charge is -2.31. The highest BCUT2D eigenvalue weighted by Gasteiger charge is 2.39. The van der Waals surface area contributed by atoms with Gasteiger partial charge in [0.15, 0.2) is 11.6 Å². The molecular formula is C18H26FN3O. The minimum atomic E-state index is -0.319. The predicted octanol–water partition coefficient (Wildman–Crippen LogP) is 3.13. The van der Waals surface area contributed by atoms with Gasteiger partial charge < -0.3 is 10.2 Å². The van der Waals surface area contributed by atoms with Crippen molar-refractivity contribution in [3.63, 3.8) is 0 Å². The van der Waals surface area contributed by atoms with Crippen LogP contribution in [0.1, 0.15) is 46.0 Å². The van der Waals surface area contributed by atoms with Crippen LogP contribution in [0, 0.1) is 17.2 Å². The molecule has 2 aliphatic rings. The zero-order chi connectivity index (χ0) is 16.4. The van der Waals surface area contributed by atoms with E-state index in [1.165, 1.54) is 18.9 Å². The number of nitrogens with one attached hydrogen (secondary N) is 1. The number of nitrogens with zero attached hydrogens (tertiary/aromatic N) is 2. The normalized spacial score (nSPS) is 22.6. The standard InChI is InChI=1S/C18H26FN3O/c1-18(2,13-6-3-4-7-13)17(23)21-14-9-11-22(12-14)16-15(19)8-5-10-20-16/h5,8,10,13-14H,3-4,6-7,9,11-12H2,1-2H3,(H,21,23). The fourth-order valence-corrected chi connectivity index (χ4v) is 3.88. The predicted molar refractivity (Wildman–Crippen MR) is 88.7 cm³/mol. The van der Waals surface area contributed by atoms with Gasteiger partial charge in [-0.2, -0.15) is 0 Å². The highest BCUT2D eigenvalue weighted by atomic mass is 19.1. The summed E-state index contributed by atoms with van der Waals surface area (Å²) in [6, 6.07) is 3.10. The monoisotopic (exact) mass is 319 g/mol. The Morgan fingerprint density at radius 3 is 2.78 bits per heavy atom. The number of pyridine rings is 1. The third-order valence-electron chi connectivity index (χ3n) is 5.52. The number of anilines is 1. The maximum atomic E-state index is 13.8. The molecule has 1 unspecified atom stereocenters. The van der Waals surface area contributed by atoms with E-state index in [0.717, 1.165) is 25.8 Å². The smallest absolute Gasteiger partial charge is 0.226 e. The second kappa shape index (κ2) is 6.46. The van der Waals surface area contributed by atoms with E-state index < -0.39 is 0 Å². The lowest BCUT2D eigenvalue weighted by atomic mass is 9.77.